The van der Waals surface area contributed by atoms with E-state index >= 15 is 0 Å². The van der Waals surface area contributed by atoms with Crippen molar-refractivity contribution in [3.05, 3.63) is 36.4 Å². The summed E-state index contributed by atoms with van der Waals surface area (Å²) >= 11 is 0. The zero-order chi connectivity index (χ0) is 11.9. The molecule has 0 N–H and O–H groups in total. The summed E-state index contributed by atoms with van der Waals surface area (Å²) in [7, 11) is 0. The van der Waals surface area contributed by atoms with Gasteiger partial charge < -0.3 is 0 Å². The van der Waals surface area contributed by atoms with Gasteiger partial charge in [-0.1, -0.05) is 42.8 Å². The van der Waals surface area contributed by atoms with E-state index in [1.807, 2.05) is 36.4 Å². The topological polar surface area (TPSA) is 20.3 Å². The van der Waals surface area contributed by atoms with Crippen molar-refractivity contribution >= 4 is 5.78 Å². The van der Waals surface area contributed by atoms with E-state index < -0.39 is 0 Å². The second-order valence-corrected chi connectivity index (χ2v) is 4.77. The van der Waals surface area contributed by atoms with Crippen LogP contribution in [0.3, 0.4) is 0 Å². The molecule has 2 fully saturated rings. The lowest BCUT2D eigenvalue weighted by Crippen LogP contribution is -2.50. The summed E-state index contributed by atoms with van der Waals surface area (Å²) in [6, 6.07) is 12.3. The Balaban J connectivity index is 0.000000153. The van der Waals surface area contributed by atoms with Gasteiger partial charge in [-0.05, 0) is 19.3 Å². The van der Waals surface area contributed by atoms with Crippen molar-refractivity contribution in [2.45, 2.75) is 38.1 Å². The Morgan fingerprint density at radius 2 is 1.47 bits per heavy atom. The van der Waals surface area contributed by atoms with Gasteiger partial charge in [0.15, 0.2) is 0 Å². The minimum Gasteiger partial charge on any atom is -0.298 e. The average Bonchev–Trinajstić information content (AvgIpc) is 2.33. The summed E-state index contributed by atoms with van der Waals surface area (Å²) < 4.78 is 0. The van der Waals surface area contributed by atoms with Crippen LogP contribution in [0.4, 0.5) is 0 Å². The molecule has 1 atom stereocenters. The van der Waals surface area contributed by atoms with Crippen molar-refractivity contribution in [1.82, 2.24) is 4.90 Å². The van der Waals surface area contributed by atoms with Crippen LogP contribution in [0.5, 0.6) is 0 Å². The van der Waals surface area contributed by atoms with E-state index in [2.05, 4.69) is 4.90 Å². The van der Waals surface area contributed by atoms with Crippen LogP contribution in [0, 0.1) is 0 Å². The van der Waals surface area contributed by atoms with Crippen molar-refractivity contribution in [2.75, 3.05) is 13.1 Å². The lowest BCUT2D eigenvalue weighted by atomic mass is 9.91. The molecular weight excluding hydrogens is 210 g/mol. The highest BCUT2D eigenvalue weighted by Crippen LogP contribution is 2.23. The van der Waals surface area contributed by atoms with Gasteiger partial charge in [-0.15, -0.1) is 0 Å². The Morgan fingerprint density at radius 3 is 1.88 bits per heavy atom. The van der Waals surface area contributed by atoms with E-state index in [0.29, 0.717) is 11.8 Å². The molecule has 0 aromatic heterocycles. The quantitative estimate of drug-likeness (QED) is 0.740. The maximum absolute atomic E-state index is 11.4. The van der Waals surface area contributed by atoms with Gasteiger partial charge in [0, 0.05) is 19.5 Å². The molecule has 2 nitrogen and oxygen atoms in total. The van der Waals surface area contributed by atoms with Gasteiger partial charge >= 0.3 is 0 Å². The Bertz CT molecular complexity index is 305. The zero-order valence-corrected chi connectivity index (χ0v) is 10.3. The Hall–Kier alpha value is -1.15. The third-order valence-corrected chi connectivity index (χ3v) is 3.52. The molecule has 2 heteroatoms. The molecule has 1 aromatic carbocycles. The molecule has 1 saturated carbocycles. The fraction of sp³-hybridized carbons (Fsp3) is 0.533. The monoisotopic (exact) mass is 231 g/mol. The van der Waals surface area contributed by atoms with Crippen LogP contribution in [-0.4, -0.2) is 29.8 Å². The second-order valence-electron chi connectivity index (χ2n) is 4.77. The molecular formula is C15H21NO. The lowest BCUT2D eigenvalue weighted by molar-refractivity contribution is -0.127. The van der Waals surface area contributed by atoms with E-state index in [9.17, 15) is 4.79 Å². The molecule has 0 spiro atoms. The zero-order valence-electron chi connectivity index (χ0n) is 10.3. The number of ketones is 1. The maximum atomic E-state index is 11.4. The summed E-state index contributed by atoms with van der Waals surface area (Å²) in [6.07, 6.45) is 5.64. The number of benzene rings is 1. The van der Waals surface area contributed by atoms with E-state index in [4.69, 9.17) is 0 Å². The van der Waals surface area contributed by atoms with Crippen LogP contribution in [0.1, 0.15) is 32.1 Å². The van der Waals surface area contributed by atoms with Gasteiger partial charge in [-0.3, -0.25) is 9.69 Å². The summed E-state index contributed by atoms with van der Waals surface area (Å²) in [5.74, 6) is 0.496. The number of hydrogen-bond acceptors (Lipinski definition) is 2. The first kappa shape index (κ1) is 12.3. The number of rotatable bonds is 1. The summed E-state index contributed by atoms with van der Waals surface area (Å²) in [6.45, 7) is 2.33. The normalized spacial score (nSPS) is 24.5. The molecule has 2 aliphatic rings. The first-order chi connectivity index (χ1) is 8.38. The van der Waals surface area contributed by atoms with Crippen LogP contribution in [0.2, 0.25) is 0 Å². The average molecular weight is 231 g/mol. The van der Waals surface area contributed by atoms with Crippen molar-refractivity contribution < 1.29 is 4.79 Å². The predicted octanol–water partition coefficient (Wildman–Crippen LogP) is 2.89. The predicted molar refractivity (Wildman–Crippen MR) is 69.9 cm³/mol. The third kappa shape index (κ3) is 3.67. The summed E-state index contributed by atoms with van der Waals surface area (Å²) in [5.41, 5.74) is 0. The number of nitrogens with zero attached hydrogens (tertiary/aromatic N) is 1. The first-order valence-corrected chi connectivity index (χ1v) is 6.65. The SMILES string of the molecule is O=C1CCCC[C@@H]1N1CCC1.c1ccccc1. The number of Topliss-reactive ketones (excluding diaryl/α,β-unsaturated/α-hetero) is 1. The summed E-state index contributed by atoms with van der Waals surface area (Å²) in [5, 5.41) is 0. The molecule has 0 bridgehead atoms. The Kier molecular flexibility index (Phi) is 4.75. The molecule has 3 rings (SSSR count). The standard InChI is InChI=1S/C9H15NO.C6H6/c11-9-5-2-1-4-8(9)10-6-3-7-10;1-2-4-6-5-3-1/h8H,1-7H2;1-6H/t8-;/m0./s1. The fourth-order valence-electron chi connectivity index (χ4n) is 2.39. The smallest absolute Gasteiger partial charge is 0.149 e. The third-order valence-electron chi connectivity index (χ3n) is 3.52. The Labute approximate surface area is 104 Å². The van der Waals surface area contributed by atoms with Crippen molar-refractivity contribution in [2.24, 2.45) is 0 Å². The van der Waals surface area contributed by atoms with Crippen molar-refractivity contribution in [1.29, 1.82) is 0 Å². The largest absolute Gasteiger partial charge is 0.298 e. The number of hydrogen-bond donors (Lipinski definition) is 0. The van der Waals surface area contributed by atoms with Gasteiger partial charge in [-0.2, -0.15) is 0 Å². The van der Waals surface area contributed by atoms with Gasteiger partial charge in [0.2, 0.25) is 0 Å². The van der Waals surface area contributed by atoms with Gasteiger partial charge in [-0.25, -0.2) is 0 Å². The van der Waals surface area contributed by atoms with Gasteiger partial charge in [0.1, 0.15) is 5.78 Å². The van der Waals surface area contributed by atoms with Crippen molar-refractivity contribution in [3.8, 4) is 0 Å². The molecule has 1 aliphatic carbocycles. The van der Waals surface area contributed by atoms with Gasteiger partial charge in [0.05, 0.1) is 6.04 Å². The van der Waals surface area contributed by atoms with E-state index in [1.165, 1.54) is 12.8 Å². The Morgan fingerprint density at radius 1 is 0.882 bits per heavy atom. The highest BCUT2D eigenvalue weighted by atomic mass is 16.1. The summed E-state index contributed by atoms with van der Waals surface area (Å²) in [4.78, 5) is 13.7. The van der Waals surface area contributed by atoms with Crippen LogP contribution >= 0.6 is 0 Å². The lowest BCUT2D eigenvalue weighted by Gasteiger charge is -2.39. The minimum atomic E-state index is 0.317. The fourth-order valence-corrected chi connectivity index (χ4v) is 2.39. The van der Waals surface area contributed by atoms with Crippen LogP contribution in [0.25, 0.3) is 0 Å². The van der Waals surface area contributed by atoms with E-state index in [1.54, 1.807) is 0 Å². The molecule has 92 valence electrons. The second kappa shape index (κ2) is 6.55. The molecule has 1 aliphatic heterocycles. The molecule has 0 amide bonds. The minimum absolute atomic E-state index is 0.317. The van der Waals surface area contributed by atoms with E-state index in [-0.39, 0.29) is 0 Å². The van der Waals surface area contributed by atoms with Crippen molar-refractivity contribution in [3.63, 3.8) is 0 Å². The number of carbonyl (C=O) groups excluding carboxylic acids is 1. The first-order valence-electron chi connectivity index (χ1n) is 6.65. The number of likely N-dealkylation sites (tertiary alicyclic amines) is 1. The molecule has 0 unspecified atom stereocenters. The highest BCUT2D eigenvalue weighted by molar-refractivity contribution is 5.84. The molecule has 0 radical (unpaired) electrons. The van der Waals surface area contributed by atoms with Crippen LogP contribution < -0.4 is 0 Å². The molecule has 1 heterocycles. The molecule has 1 aromatic rings. The van der Waals surface area contributed by atoms with Crippen LogP contribution in [0.15, 0.2) is 36.4 Å². The van der Waals surface area contributed by atoms with E-state index in [0.717, 1.165) is 32.4 Å². The van der Waals surface area contributed by atoms with Crippen LogP contribution in [-0.2, 0) is 4.79 Å². The molecule has 1 saturated heterocycles. The maximum Gasteiger partial charge on any atom is 0.149 e. The number of carbonyl (C=O) groups is 1. The molecule has 17 heavy (non-hydrogen) atoms. The highest BCUT2D eigenvalue weighted by Gasteiger charge is 2.30. The van der Waals surface area contributed by atoms with Gasteiger partial charge in [0.25, 0.3) is 0 Å².